The number of aromatic hydroxyl groups is 1. The predicted molar refractivity (Wildman–Crippen MR) is 96.6 cm³/mol. The normalized spacial score (nSPS) is 17.5. The highest BCUT2D eigenvalue weighted by molar-refractivity contribution is 6.06. The number of rotatable bonds is 3. The Hall–Kier alpha value is -2.86. The molecule has 0 radical (unpaired) electrons. The van der Waals surface area contributed by atoms with E-state index in [2.05, 4.69) is 20.6 Å². The van der Waals surface area contributed by atoms with E-state index >= 15 is 0 Å². The Morgan fingerprint density at radius 1 is 1.20 bits per heavy atom. The van der Waals surface area contributed by atoms with Gasteiger partial charge in [0.05, 0.1) is 5.56 Å². The second kappa shape index (κ2) is 6.57. The zero-order chi connectivity index (χ0) is 17.2. The number of hydrogen-bond acceptors (Lipinski definition) is 4. The van der Waals surface area contributed by atoms with Crippen molar-refractivity contribution in [1.29, 1.82) is 0 Å². The van der Waals surface area contributed by atoms with Crippen LogP contribution in [0.15, 0.2) is 42.5 Å². The summed E-state index contributed by atoms with van der Waals surface area (Å²) in [6, 6.07) is 12.9. The molecule has 0 spiro atoms. The van der Waals surface area contributed by atoms with Crippen LogP contribution in [-0.2, 0) is 0 Å². The molecular weight excluding hydrogens is 316 g/mol. The number of H-pyrrole nitrogens is 1. The van der Waals surface area contributed by atoms with Crippen LogP contribution in [0, 0.1) is 0 Å². The standard InChI is InChI=1S/C19H20N4O2/c24-15-9-8-14(19(25)21-13-7-4-10-20-11-13)16-17(15)23-18(22-16)12-5-2-1-3-6-12/h1-3,5-6,8-9,13,20,24H,4,7,10-11H2,(H,21,25)(H,22,23). The van der Waals surface area contributed by atoms with Crippen LogP contribution in [0.5, 0.6) is 5.75 Å². The van der Waals surface area contributed by atoms with Gasteiger partial charge < -0.3 is 20.7 Å². The maximum Gasteiger partial charge on any atom is 0.253 e. The van der Waals surface area contributed by atoms with Gasteiger partial charge in [-0.1, -0.05) is 30.3 Å². The van der Waals surface area contributed by atoms with Crippen molar-refractivity contribution in [2.75, 3.05) is 13.1 Å². The first-order valence-electron chi connectivity index (χ1n) is 8.51. The van der Waals surface area contributed by atoms with E-state index in [1.54, 1.807) is 6.07 Å². The van der Waals surface area contributed by atoms with Crippen molar-refractivity contribution in [3.8, 4) is 17.1 Å². The number of carbonyl (C=O) groups is 1. The smallest absolute Gasteiger partial charge is 0.253 e. The van der Waals surface area contributed by atoms with Crippen LogP contribution in [0.1, 0.15) is 23.2 Å². The molecule has 1 aliphatic rings. The minimum atomic E-state index is -0.162. The lowest BCUT2D eigenvalue weighted by atomic mass is 10.1. The van der Waals surface area contributed by atoms with Crippen molar-refractivity contribution < 1.29 is 9.90 Å². The minimum absolute atomic E-state index is 0.0839. The summed E-state index contributed by atoms with van der Waals surface area (Å²) in [5.41, 5.74) is 2.34. The maximum atomic E-state index is 12.7. The number of phenolic OH excluding ortho intramolecular Hbond substituents is 1. The van der Waals surface area contributed by atoms with Gasteiger partial charge in [-0.15, -0.1) is 0 Å². The summed E-state index contributed by atoms with van der Waals surface area (Å²) in [6.45, 7) is 1.78. The summed E-state index contributed by atoms with van der Waals surface area (Å²) < 4.78 is 0. The topological polar surface area (TPSA) is 90.0 Å². The number of aromatic nitrogens is 2. The number of phenols is 1. The van der Waals surface area contributed by atoms with Crippen molar-refractivity contribution >= 4 is 16.9 Å². The molecular formula is C19H20N4O2. The fraction of sp³-hybridized carbons (Fsp3) is 0.263. The zero-order valence-corrected chi connectivity index (χ0v) is 13.7. The molecule has 0 aliphatic carbocycles. The molecule has 128 valence electrons. The first-order chi connectivity index (χ1) is 12.2. The van der Waals surface area contributed by atoms with E-state index in [-0.39, 0.29) is 17.7 Å². The van der Waals surface area contributed by atoms with Crippen molar-refractivity contribution in [2.45, 2.75) is 18.9 Å². The molecule has 6 nitrogen and oxygen atoms in total. The molecule has 1 atom stereocenters. The molecule has 1 fully saturated rings. The van der Waals surface area contributed by atoms with Gasteiger partial charge in [-0.25, -0.2) is 4.98 Å². The molecule has 4 rings (SSSR count). The van der Waals surface area contributed by atoms with Gasteiger partial charge in [-0.05, 0) is 31.5 Å². The quantitative estimate of drug-likeness (QED) is 0.591. The highest BCUT2D eigenvalue weighted by Gasteiger charge is 2.20. The fourth-order valence-electron chi connectivity index (χ4n) is 3.23. The Balaban J connectivity index is 1.70. The molecule has 1 amide bonds. The van der Waals surface area contributed by atoms with E-state index in [1.165, 1.54) is 6.07 Å². The van der Waals surface area contributed by atoms with Gasteiger partial charge in [0.25, 0.3) is 5.91 Å². The third-order valence-electron chi connectivity index (χ3n) is 4.55. The number of amides is 1. The molecule has 1 saturated heterocycles. The van der Waals surface area contributed by atoms with Crippen LogP contribution in [-0.4, -0.2) is 40.1 Å². The van der Waals surface area contributed by atoms with E-state index in [0.717, 1.165) is 31.5 Å². The summed E-state index contributed by atoms with van der Waals surface area (Å²) in [5, 5.41) is 16.5. The van der Waals surface area contributed by atoms with Gasteiger partial charge in [0, 0.05) is 18.2 Å². The summed E-state index contributed by atoms with van der Waals surface area (Å²) in [5.74, 6) is 0.552. The van der Waals surface area contributed by atoms with Gasteiger partial charge in [-0.2, -0.15) is 0 Å². The Morgan fingerprint density at radius 3 is 2.80 bits per heavy atom. The van der Waals surface area contributed by atoms with Gasteiger partial charge in [0.1, 0.15) is 22.6 Å². The summed E-state index contributed by atoms with van der Waals surface area (Å²) in [6.07, 6.45) is 2.02. The molecule has 1 aliphatic heterocycles. The van der Waals surface area contributed by atoms with Crippen LogP contribution in [0.3, 0.4) is 0 Å². The average molecular weight is 336 g/mol. The number of nitrogens with one attached hydrogen (secondary N) is 3. The van der Waals surface area contributed by atoms with E-state index in [9.17, 15) is 9.90 Å². The van der Waals surface area contributed by atoms with Crippen molar-refractivity contribution in [1.82, 2.24) is 20.6 Å². The molecule has 1 unspecified atom stereocenters. The Bertz CT molecular complexity index is 898. The Labute approximate surface area is 145 Å². The molecule has 2 heterocycles. The lowest BCUT2D eigenvalue weighted by molar-refractivity contribution is 0.0932. The largest absolute Gasteiger partial charge is 0.506 e. The number of imidazole rings is 1. The van der Waals surface area contributed by atoms with Crippen LogP contribution in [0.2, 0.25) is 0 Å². The van der Waals surface area contributed by atoms with Gasteiger partial charge in [0.15, 0.2) is 0 Å². The number of benzene rings is 2. The summed E-state index contributed by atoms with van der Waals surface area (Å²) in [4.78, 5) is 20.4. The Kier molecular flexibility index (Phi) is 4.11. The summed E-state index contributed by atoms with van der Waals surface area (Å²) in [7, 11) is 0. The number of hydrogen-bond donors (Lipinski definition) is 4. The SMILES string of the molecule is O=C(NC1CCCNC1)c1ccc(O)c2[nH]c(-c3ccccc3)nc12. The number of piperidine rings is 1. The first-order valence-corrected chi connectivity index (χ1v) is 8.51. The van der Waals surface area contributed by atoms with E-state index in [0.29, 0.717) is 22.4 Å². The number of fused-ring (bicyclic) bond motifs is 1. The van der Waals surface area contributed by atoms with Crippen LogP contribution in [0.4, 0.5) is 0 Å². The van der Waals surface area contributed by atoms with E-state index in [4.69, 9.17) is 0 Å². The molecule has 2 aromatic carbocycles. The molecule has 1 aromatic heterocycles. The van der Waals surface area contributed by atoms with Gasteiger partial charge in [0.2, 0.25) is 0 Å². The molecule has 0 bridgehead atoms. The second-order valence-electron chi connectivity index (χ2n) is 6.32. The number of carbonyl (C=O) groups excluding carboxylic acids is 1. The van der Waals surface area contributed by atoms with Gasteiger partial charge >= 0.3 is 0 Å². The average Bonchev–Trinajstić information content (AvgIpc) is 3.10. The third-order valence-corrected chi connectivity index (χ3v) is 4.55. The van der Waals surface area contributed by atoms with Crippen molar-refractivity contribution in [2.24, 2.45) is 0 Å². The molecule has 6 heteroatoms. The minimum Gasteiger partial charge on any atom is -0.506 e. The predicted octanol–water partition coefficient (Wildman–Crippen LogP) is 2.42. The lowest BCUT2D eigenvalue weighted by Gasteiger charge is -2.23. The van der Waals surface area contributed by atoms with E-state index < -0.39 is 0 Å². The highest BCUT2D eigenvalue weighted by atomic mass is 16.3. The second-order valence-corrected chi connectivity index (χ2v) is 6.32. The van der Waals surface area contributed by atoms with Crippen LogP contribution in [0.25, 0.3) is 22.4 Å². The van der Waals surface area contributed by atoms with Crippen LogP contribution < -0.4 is 10.6 Å². The zero-order valence-electron chi connectivity index (χ0n) is 13.7. The fourth-order valence-corrected chi connectivity index (χ4v) is 3.23. The number of nitrogens with zero attached hydrogens (tertiary/aromatic N) is 1. The molecule has 0 saturated carbocycles. The number of aromatic amines is 1. The molecule has 4 N–H and O–H groups in total. The van der Waals surface area contributed by atoms with Crippen LogP contribution >= 0.6 is 0 Å². The first kappa shape index (κ1) is 15.7. The highest BCUT2D eigenvalue weighted by Crippen LogP contribution is 2.29. The van der Waals surface area contributed by atoms with E-state index in [1.807, 2.05) is 30.3 Å². The monoisotopic (exact) mass is 336 g/mol. The van der Waals surface area contributed by atoms with Crippen molar-refractivity contribution in [3.05, 3.63) is 48.0 Å². The lowest BCUT2D eigenvalue weighted by Crippen LogP contribution is -2.45. The van der Waals surface area contributed by atoms with Gasteiger partial charge in [-0.3, -0.25) is 4.79 Å². The summed E-state index contributed by atoms with van der Waals surface area (Å²) >= 11 is 0. The maximum absolute atomic E-state index is 12.7. The van der Waals surface area contributed by atoms with Crippen molar-refractivity contribution in [3.63, 3.8) is 0 Å². The molecule has 3 aromatic rings. The third kappa shape index (κ3) is 3.08. The molecule has 25 heavy (non-hydrogen) atoms. The Morgan fingerprint density at radius 2 is 2.04 bits per heavy atom.